The Labute approximate surface area is 169 Å². The van der Waals surface area contributed by atoms with Gasteiger partial charge in [-0.3, -0.25) is 9.59 Å². The molecule has 6 N–H and O–H groups in total. The van der Waals surface area contributed by atoms with Gasteiger partial charge in [0.15, 0.2) is 0 Å². The molecule has 1 aliphatic carbocycles. The number of primary amides is 1. The van der Waals surface area contributed by atoms with Gasteiger partial charge in [-0.15, -0.1) is 0 Å². The van der Waals surface area contributed by atoms with Gasteiger partial charge < -0.3 is 21.3 Å². The second-order valence-electron chi connectivity index (χ2n) is 6.72. The largest absolute Gasteiger partial charge is 0.416 e. The van der Waals surface area contributed by atoms with Gasteiger partial charge >= 0.3 is 6.18 Å². The predicted molar refractivity (Wildman–Crippen MR) is 97.1 cm³/mol. The molecule has 0 saturated heterocycles. The van der Waals surface area contributed by atoms with Crippen molar-refractivity contribution in [3.05, 3.63) is 41.5 Å². The van der Waals surface area contributed by atoms with Crippen LogP contribution < -0.4 is 15.8 Å². The predicted octanol–water partition coefficient (Wildman–Crippen LogP) is -0.606. The second kappa shape index (κ2) is 8.71. The van der Waals surface area contributed by atoms with Crippen molar-refractivity contribution in [1.29, 1.82) is 0 Å². The van der Waals surface area contributed by atoms with E-state index in [1.54, 1.807) is 0 Å². The van der Waals surface area contributed by atoms with E-state index < -0.39 is 62.8 Å². The fourth-order valence-electron chi connectivity index (χ4n) is 2.69. The first kappa shape index (κ1) is 23.8. The third kappa shape index (κ3) is 5.56. The summed E-state index contributed by atoms with van der Waals surface area (Å²) in [5, 5.41) is 22.3. The molecule has 0 aromatic heterocycles. The molecule has 1 aromatic rings. The molecular formula is C17H20F3N3O6S. The number of sulfonamides is 1. The molecule has 0 heterocycles. The molecule has 0 radical (unpaired) electrons. The monoisotopic (exact) mass is 451 g/mol. The Balaban J connectivity index is 2.30. The minimum absolute atomic E-state index is 0.141. The normalized spacial score (nSPS) is 23.4. The summed E-state index contributed by atoms with van der Waals surface area (Å²) in [7, 11) is -4.56. The lowest BCUT2D eigenvalue weighted by Crippen LogP contribution is -2.51. The second-order valence-corrected chi connectivity index (χ2v) is 8.44. The minimum Gasteiger partial charge on any atom is -0.390 e. The van der Waals surface area contributed by atoms with E-state index in [4.69, 9.17) is 5.73 Å². The highest BCUT2D eigenvalue weighted by molar-refractivity contribution is 7.89. The molecule has 1 aromatic carbocycles. The Bertz CT molecular complexity index is 964. The first-order chi connectivity index (χ1) is 13.7. The summed E-state index contributed by atoms with van der Waals surface area (Å²) < 4.78 is 65.6. The summed E-state index contributed by atoms with van der Waals surface area (Å²) in [4.78, 5) is 22.6. The van der Waals surface area contributed by atoms with Gasteiger partial charge in [0.25, 0.3) is 0 Å². The number of nitrogens with one attached hydrogen (secondary N) is 2. The smallest absolute Gasteiger partial charge is 0.390 e. The van der Waals surface area contributed by atoms with E-state index in [-0.39, 0.29) is 12.0 Å². The summed E-state index contributed by atoms with van der Waals surface area (Å²) >= 11 is 0. The van der Waals surface area contributed by atoms with Crippen LogP contribution in [0.3, 0.4) is 0 Å². The van der Waals surface area contributed by atoms with Crippen molar-refractivity contribution in [2.24, 2.45) is 5.73 Å². The minimum atomic E-state index is -4.77. The number of amides is 2. The number of halogens is 3. The molecule has 166 valence electrons. The Morgan fingerprint density at radius 3 is 2.47 bits per heavy atom. The van der Waals surface area contributed by atoms with Crippen molar-refractivity contribution in [1.82, 2.24) is 10.0 Å². The molecule has 4 atom stereocenters. The highest BCUT2D eigenvalue weighted by atomic mass is 32.2. The van der Waals surface area contributed by atoms with Gasteiger partial charge in [0.2, 0.25) is 21.8 Å². The zero-order valence-corrected chi connectivity index (χ0v) is 16.4. The summed E-state index contributed by atoms with van der Waals surface area (Å²) in [5.41, 5.74) is 3.72. The van der Waals surface area contributed by atoms with Gasteiger partial charge in [0, 0.05) is 12.0 Å². The lowest BCUT2D eigenvalue weighted by atomic mass is 9.90. The Hall–Kier alpha value is -2.48. The molecule has 30 heavy (non-hydrogen) atoms. The standard InChI is InChI=1S/C17H20F3N3O6S/c1-8(15(21)26)22-16(27)9-5-12(14(25)13(24)6-9)23-30(28,29)11-4-2-3-10(7-11)17(18,19)20/h2-5,7-8,12-14,23-25H,6H2,1H3,(H2,21,26)(H,22,27). The molecule has 0 saturated carbocycles. The summed E-state index contributed by atoms with van der Waals surface area (Å²) in [6.07, 6.45) is -7.32. The van der Waals surface area contributed by atoms with Gasteiger partial charge in [0.05, 0.1) is 22.6 Å². The van der Waals surface area contributed by atoms with Crippen molar-refractivity contribution in [2.45, 2.75) is 48.7 Å². The van der Waals surface area contributed by atoms with E-state index in [1.165, 1.54) is 6.92 Å². The number of hydrogen-bond acceptors (Lipinski definition) is 6. The zero-order chi connectivity index (χ0) is 22.9. The van der Waals surface area contributed by atoms with Crippen LogP contribution in [-0.2, 0) is 25.8 Å². The average molecular weight is 451 g/mol. The third-order valence-electron chi connectivity index (χ3n) is 4.40. The molecule has 0 aliphatic heterocycles. The molecular weight excluding hydrogens is 431 g/mol. The van der Waals surface area contributed by atoms with E-state index in [0.29, 0.717) is 12.1 Å². The van der Waals surface area contributed by atoms with Crippen molar-refractivity contribution in [3.63, 3.8) is 0 Å². The number of carbonyl (C=O) groups excluding carboxylic acids is 2. The number of nitrogens with two attached hydrogens (primary N) is 1. The number of alkyl halides is 3. The van der Waals surface area contributed by atoms with Gasteiger partial charge in [-0.25, -0.2) is 13.1 Å². The van der Waals surface area contributed by atoms with Crippen LogP contribution in [0, 0.1) is 0 Å². The third-order valence-corrected chi connectivity index (χ3v) is 5.86. The van der Waals surface area contributed by atoms with E-state index in [0.717, 1.165) is 18.2 Å². The van der Waals surface area contributed by atoms with Crippen LogP contribution in [0.2, 0.25) is 0 Å². The number of aliphatic hydroxyl groups excluding tert-OH is 2. The van der Waals surface area contributed by atoms with Crippen LogP contribution >= 0.6 is 0 Å². The van der Waals surface area contributed by atoms with Crippen molar-refractivity contribution in [3.8, 4) is 0 Å². The van der Waals surface area contributed by atoms with Crippen molar-refractivity contribution in [2.75, 3.05) is 0 Å². The maximum absolute atomic E-state index is 12.9. The molecule has 0 bridgehead atoms. The topological polar surface area (TPSA) is 159 Å². The van der Waals surface area contributed by atoms with Crippen LogP contribution in [0.25, 0.3) is 0 Å². The molecule has 13 heteroatoms. The van der Waals surface area contributed by atoms with Gasteiger partial charge in [-0.2, -0.15) is 13.2 Å². The molecule has 0 spiro atoms. The SMILES string of the molecule is CC(NC(=O)C1=CC(NS(=O)(=O)c2cccc(C(F)(F)F)c2)C(O)C(O)C1)C(N)=O. The quantitative estimate of drug-likeness (QED) is 0.388. The van der Waals surface area contributed by atoms with Gasteiger partial charge in [-0.05, 0) is 25.1 Å². The van der Waals surface area contributed by atoms with E-state index in [2.05, 4.69) is 5.32 Å². The first-order valence-corrected chi connectivity index (χ1v) is 10.1. The lowest BCUT2D eigenvalue weighted by molar-refractivity contribution is -0.137. The average Bonchev–Trinajstić information content (AvgIpc) is 2.64. The molecule has 0 fully saturated rings. The van der Waals surface area contributed by atoms with Crippen LogP contribution in [0.15, 0.2) is 40.8 Å². The van der Waals surface area contributed by atoms with E-state index >= 15 is 0 Å². The molecule has 2 amide bonds. The summed E-state index contributed by atoms with van der Waals surface area (Å²) in [6.45, 7) is 1.31. The van der Waals surface area contributed by atoms with E-state index in [1.807, 2.05) is 4.72 Å². The summed E-state index contributed by atoms with van der Waals surface area (Å²) in [6, 6.07) is 0.374. The maximum atomic E-state index is 12.9. The fraction of sp³-hybridized carbons (Fsp3) is 0.412. The van der Waals surface area contributed by atoms with Crippen LogP contribution in [0.5, 0.6) is 0 Å². The highest BCUT2D eigenvalue weighted by Crippen LogP contribution is 2.30. The van der Waals surface area contributed by atoms with E-state index in [9.17, 15) is 41.4 Å². The number of hydrogen-bond donors (Lipinski definition) is 5. The van der Waals surface area contributed by atoms with Crippen LogP contribution in [0.1, 0.15) is 18.9 Å². The summed E-state index contributed by atoms with van der Waals surface area (Å²) in [5.74, 6) is -1.65. The number of aliphatic hydroxyl groups is 2. The fourth-order valence-corrected chi connectivity index (χ4v) is 3.93. The Morgan fingerprint density at radius 2 is 1.90 bits per heavy atom. The molecule has 9 nitrogen and oxygen atoms in total. The van der Waals surface area contributed by atoms with Crippen LogP contribution in [-0.4, -0.2) is 54.7 Å². The van der Waals surface area contributed by atoms with Crippen molar-refractivity contribution >= 4 is 21.8 Å². The molecule has 4 unspecified atom stereocenters. The maximum Gasteiger partial charge on any atom is 0.416 e. The first-order valence-electron chi connectivity index (χ1n) is 8.59. The van der Waals surface area contributed by atoms with Gasteiger partial charge in [-0.1, -0.05) is 12.1 Å². The Kier molecular flexibility index (Phi) is 6.91. The molecule has 2 rings (SSSR count). The molecule has 1 aliphatic rings. The van der Waals surface area contributed by atoms with Gasteiger partial charge in [0.1, 0.15) is 12.1 Å². The number of carbonyl (C=O) groups is 2. The Morgan fingerprint density at radius 1 is 1.27 bits per heavy atom. The lowest BCUT2D eigenvalue weighted by Gasteiger charge is -2.31. The number of benzene rings is 1. The highest BCUT2D eigenvalue weighted by Gasteiger charge is 2.37. The number of rotatable bonds is 6. The zero-order valence-electron chi connectivity index (χ0n) is 15.6. The van der Waals surface area contributed by atoms with Crippen LogP contribution in [0.4, 0.5) is 13.2 Å². The van der Waals surface area contributed by atoms with Crippen molar-refractivity contribution < 1.29 is 41.4 Å².